The molecule has 0 spiro atoms. The number of sulfonamides is 1. The van der Waals surface area contributed by atoms with Gasteiger partial charge in [0, 0.05) is 30.0 Å². The maximum atomic E-state index is 13.1. The van der Waals surface area contributed by atoms with E-state index in [1.807, 2.05) is 18.3 Å². The number of anilines is 1. The molecule has 3 heterocycles. The quantitative estimate of drug-likeness (QED) is 0.492. The fraction of sp³-hybridized carbons (Fsp3) is 0.300. The van der Waals surface area contributed by atoms with Crippen molar-refractivity contribution in [3.63, 3.8) is 0 Å². The van der Waals surface area contributed by atoms with Crippen molar-refractivity contribution >= 4 is 67.5 Å². The molecule has 32 heavy (non-hydrogen) atoms. The SMILES string of the molecule is CC1(C)C/C(=C/NC2=NCCN2)c2cc(NS(=O)(=O)c3c(Cl)nc4sccn34)ccc21.Cl. The van der Waals surface area contributed by atoms with Crippen LogP contribution in [0.3, 0.4) is 0 Å². The summed E-state index contributed by atoms with van der Waals surface area (Å²) in [5.41, 5.74) is 3.70. The van der Waals surface area contributed by atoms with Gasteiger partial charge in [-0.1, -0.05) is 31.5 Å². The minimum atomic E-state index is -3.93. The highest BCUT2D eigenvalue weighted by Crippen LogP contribution is 2.46. The van der Waals surface area contributed by atoms with E-state index in [-0.39, 0.29) is 28.0 Å². The van der Waals surface area contributed by atoms with Crippen LogP contribution >= 0.6 is 35.3 Å². The number of aliphatic imine (C=N–C) groups is 1. The molecule has 3 N–H and O–H groups in total. The molecule has 0 unspecified atom stereocenters. The Morgan fingerprint density at radius 1 is 1.34 bits per heavy atom. The molecule has 1 aromatic carbocycles. The predicted octanol–water partition coefficient (Wildman–Crippen LogP) is 3.84. The molecule has 12 heteroatoms. The van der Waals surface area contributed by atoms with Crippen LogP contribution < -0.4 is 15.4 Å². The first-order valence-corrected chi connectivity index (χ1v) is 12.5. The van der Waals surface area contributed by atoms with Gasteiger partial charge in [0.15, 0.2) is 21.1 Å². The van der Waals surface area contributed by atoms with Gasteiger partial charge < -0.3 is 10.6 Å². The zero-order valence-corrected chi connectivity index (χ0v) is 20.6. The third-order valence-corrected chi connectivity index (χ3v) is 8.01. The van der Waals surface area contributed by atoms with Gasteiger partial charge in [0.1, 0.15) is 0 Å². The summed E-state index contributed by atoms with van der Waals surface area (Å²) < 4.78 is 30.4. The average Bonchev–Trinajstić information content (AvgIpc) is 3.44. The van der Waals surface area contributed by atoms with Crippen molar-refractivity contribution in [3.8, 4) is 0 Å². The number of benzene rings is 1. The molecule has 0 fully saturated rings. The van der Waals surface area contributed by atoms with Gasteiger partial charge in [-0.05, 0) is 40.7 Å². The van der Waals surface area contributed by atoms with Crippen molar-refractivity contribution in [1.29, 1.82) is 0 Å². The molecule has 2 aromatic heterocycles. The summed E-state index contributed by atoms with van der Waals surface area (Å²) in [6, 6.07) is 5.65. The van der Waals surface area contributed by atoms with Crippen LogP contribution in [0.25, 0.3) is 10.5 Å². The summed E-state index contributed by atoms with van der Waals surface area (Å²) in [7, 11) is -3.93. The summed E-state index contributed by atoms with van der Waals surface area (Å²) in [6.07, 6.45) is 4.43. The van der Waals surface area contributed by atoms with Crippen LogP contribution in [-0.4, -0.2) is 36.9 Å². The first kappa shape index (κ1) is 22.9. The zero-order valence-electron chi connectivity index (χ0n) is 17.3. The first-order valence-electron chi connectivity index (χ1n) is 9.77. The van der Waals surface area contributed by atoms with E-state index < -0.39 is 10.0 Å². The van der Waals surface area contributed by atoms with Crippen LogP contribution in [0.1, 0.15) is 31.4 Å². The number of thiazole rings is 1. The lowest BCUT2D eigenvalue weighted by Crippen LogP contribution is -2.30. The van der Waals surface area contributed by atoms with Gasteiger partial charge in [-0.15, -0.1) is 23.7 Å². The van der Waals surface area contributed by atoms with Crippen LogP contribution in [0, 0.1) is 0 Å². The molecule has 170 valence electrons. The van der Waals surface area contributed by atoms with Gasteiger partial charge in [0.25, 0.3) is 10.0 Å². The van der Waals surface area contributed by atoms with Gasteiger partial charge in [-0.2, -0.15) is 8.42 Å². The molecule has 0 radical (unpaired) electrons. The van der Waals surface area contributed by atoms with Gasteiger partial charge in [-0.3, -0.25) is 14.1 Å². The molecule has 5 rings (SSSR count). The van der Waals surface area contributed by atoms with Crippen LogP contribution in [0.5, 0.6) is 0 Å². The normalized spacial score (nSPS) is 18.2. The zero-order chi connectivity index (χ0) is 21.8. The Morgan fingerprint density at radius 3 is 2.91 bits per heavy atom. The minimum Gasteiger partial charge on any atom is -0.354 e. The molecule has 3 aromatic rings. The summed E-state index contributed by atoms with van der Waals surface area (Å²) in [5.74, 6) is 0.755. The maximum Gasteiger partial charge on any atom is 0.281 e. The number of guanidine groups is 1. The monoisotopic (exact) mass is 512 g/mol. The Hall–Kier alpha value is -2.27. The number of aromatic nitrogens is 2. The van der Waals surface area contributed by atoms with E-state index in [9.17, 15) is 8.42 Å². The van der Waals surface area contributed by atoms with Crippen LogP contribution in [0.2, 0.25) is 5.15 Å². The van der Waals surface area contributed by atoms with E-state index in [2.05, 4.69) is 39.2 Å². The van der Waals surface area contributed by atoms with E-state index in [0.717, 1.165) is 36.6 Å². The summed E-state index contributed by atoms with van der Waals surface area (Å²) in [6.45, 7) is 5.95. The molecule has 1 aliphatic heterocycles. The third kappa shape index (κ3) is 3.96. The molecular formula is C20H22Cl2N6O2S2. The molecular weight excluding hydrogens is 491 g/mol. The highest BCUT2D eigenvalue weighted by Gasteiger charge is 2.34. The number of rotatable bonds is 4. The average molecular weight is 513 g/mol. The lowest BCUT2D eigenvalue weighted by atomic mass is 9.86. The van der Waals surface area contributed by atoms with Crippen molar-refractivity contribution in [1.82, 2.24) is 20.0 Å². The number of nitrogens with zero attached hydrogens (tertiary/aromatic N) is 3. The summed E-state index contributed by atoms with van der Waals surface area (Å²) in [5, 5.41) is 8.07. The molecule has 0 amide bonds. The number of nitrogens with one attached hydrogen (secondary N) is 3. The number of halogens is 2. The highest BCUT2D eigenvalue weighted by atomic mass is 35.5. The molecule has 2 aliphatic rings. The second-order valence-corrected chi connectivity index (χ2v) is 11.0. The van der Waals surface area contributed by atoms with E-state index in [0.29, 0.717) is 10.6 Å². The van der Waals surface area contributed by atoms with Crippen LogP contribution in [-0.2, 0) is 15.4 Å². The molecule has 1 aliphatic carbocycles. The Labute approximate surface area is 201 Å². The van der Waals surface area contributed by atoms with E-state index in [1.165, 1.54) is 21.3 Å². The van der Waals surface area contributed by atoms with Gasteiger partial charge >= 0.3 is 0 Å². The van der Waals surface area contributed by atoms with Crippen LogP contribution in [0.15, 0.2) is 46.0 Å². The number of hydrogen-bond donors (Lipinski definition) is 3. The van der Waals surface area contributed by atoms with Gasteiger partial charge in [0.05, 0.1) is 6.54 Å². The highest BCUT2D eigenvalue weighted by molar-refractivity contribution is 7.92. The Balaban J connectivity index is 0.00000245. The van der Waals surface area contributed by atoms with Gasteiger partial charge in [0.2, 0.25) is 0 Å². The van der Waals surface area contributed by atoms with Crippen molar-refractivity contribution in [2.75, 3.05) is 17.8 Å². The molecule has 0 atom stereocenters. The van der Waals surface area contributed by atoms with Gasteiger partial charge in [-0.25, -0.2) is 4.98 Å². The van der Waals surface area contributed by atoms with Crippen molar-refractivity contribution < 1.29 is 8.42 Å². The van der Waals surface area contributed by atoms with Crippen molar-refractivity contribution in [2.45, 2.75) is 30.7 Å². The van der Waals surface area contributed by atoms with E-state index in [4.69, 9.17) is 11.6 Å². The Bertz CT molecular complexity index is 1360. The predicted molar refractivity (Wildman–Crippen MR) is 132 cm³/mol. The summed E-state index contributed by atoms with van der Waals surface area (Å²) in [4.78, 5) is 9.00. The van der Waals surface area contributed by atoms with Crippen LogP contribution in [0.4, 0.5) is 5.69 Å². The Morgan fingerprint density at radius 2 is 2.16 bits per heavy atom. The van der Waals surface area contributed by atoms with Crippen molar-refractivity contribution in [3.05, 3.63) is 52.3 Å². The molecule has 0 bridgehead atoms. The second-order valence-electron chi connectivity index (χ2n) is 8.16. The van der Waals surface area contributed by atoms with E-state index in [1.54, 1.807) is 17.6 Å². The lowest BCUT2D eigenvalue weighted by Gasteiger charge is -2.18. The standard InChI is InChI=1S/C20H21ClN6O2S2.ClH/c1-20(2)10-12(11-24-18-22-5-6-23-18)14-9-13(3-4-15(14)20)26-31(28,29)17-16(21)25-19-27(17)7-8-30-19;/h3-4,7-9,11,26H,5-6,10H2,1-2H3,(H2,22,23,24);1H/b12-11-;. The van der Waals surface area contributed by atoms with Crippen molar-refractivity contribution in [2.24, 2.45) is 4.99 Å². The fourth-order valence-corrected chi connectivity index (χ4v) is 6.60. The number of fused-ring (bicyclic) bond motifs is 2. The number of hydrogen-bond acceptors (Lipinski definition) is 7. The second kappa shape index (κ2) is 8.26. The minimum absolute atomic E-state index is 0. The number of allylic oxidation sites excluding steroid dienone is 1. The lowest BCUT2D eigenvalue weighted by molar-refractivity contribution is 0.563. The smallest absolute Gasteiger partial charge is 0.281 e. The molecule has 8 nitrogen and oxygen atoms in total. The van der Waals surface area contributed by atoms with E-state index >= 15 is 0 Å². The molecule has 0 saturated heterocycles. The first-order chi connectivity index (χ1) is 14.7. The maximum absolute atomic E-state index is 13.1. The summed E-state index contributed by atoms with van der Waals surface area (Å²) >= 11 is 7.46. The molecule has 0 saturated carbocycles. The number of imidazole rings is 1. The fourth-order valence-electron chi connectivity index (χ4n) is 4.09. The topological polar surface area (TPSA) is 99.9 Å². The Kier molecular flexibility index (Phi) is 5.91. The largest absolute Gasteiger partial charge is 0.354 e. The third-order valence-electron chi connectivity index (χ3n) is 5.47.